The molecule has 0 bridgehead atoms. The molecular weight excluding hydrogens is 283 g/mol. The SMILES string of the molecule is C[C@H](O)C(=O)Oc1cccc(I)c1. The van der Waals surface area contributed by atoms with E-state index in [1.54, 1.807) is 18.2 Å². The van der Waals surface area contributed by atoms with Crippen molar-refractivity contribution in [3.63, 3.8) is 0 Å². The predicted octanol–water partition coefficient (Wildman–Crippen LogP) is 1.58. The molecule has 13 heavy (non-hydrogen) atoms. The first-order valence-corrected chi connectivity index (χ1v) is 4.83. The van der Waals surface area contributed by atoms with Crippen molar-refractivity contribution in [2.24, 2.45) is 0 Å². The highest BCUT2D eigenvalue weighted by Crippen LogP contribution is 2.15. The van der Waals surface area contributed by atoms with E-state index in [0.717, 1.165) is 3.57 Å². The molecule has 0 saturated carbocycles. The van der Waals surface area contributed by atoms with Gasteiger partial charge in [-0.2, -0.15) is 0 Å². The molecule has 0 aromatic heterocycles. The Kier molecular flexibility index (Phi) is 3.68. The average Bonchev–Trinajstić information content (AvgIpc) is 2.04. The number of esters is 1. The van der Waals surface area contributed by atoms with E-state index in [-0.39, 0.29) is 0 Å². The monoisotopic (exact) mass is 292 g/mol. The van der Waals surface area contributed by atoms with Crippen molar-refractivity contribution in [3.05, 3.63) is 27.8 Å². The van der Waals surface area contributed by atoms with Gasteiger partial charge >= 0.3 is 5.97 Å². The first kappa shape index (κ1) is 10.5. The molecule has 0 spiro atoms. The Balaban J connectivity index is 2.69. The zero-order valence-corrected chi connectivity index (χ0v) is 9.19. The van der Waals surface area contributed by atoms with Crippen LogP contribution in [0.3, 0.4) is 0 Å². The van der Waals surface area contributed by atoms with Gasteiger partial charge in [-0.15, -0.1) is 0 Å². The van der Waals surface area contributed by atoms with E-state index in [0.29, 0.717) is 5.75 Å². The summed E-state index contributed by atoms with van der Waals surface area (Å²) in [6.45, 7) is 1.37. The van der Waals surface area contributed by atoms with Gasteiger partial charge in [0.05, 0.1) is 0 Å². The molecular formula is C9H9IO3. The molecule has 1 atom stereocenters. The molecule has 1 aromatic carbocycles. The lowest BCUT2D eigenvalue weighted by Crippen LogP contribution is -2.22. The second-order valence-corrected chi connectivity index (χ2v) is 3.80. The van der Waals surface area contributed by atoms with Crippen molar-refractivity contribution in [1.29, 1.82) is 0 Å². The summed E-state index contributed by atoms with van der Waals surface area (Å²) < 4.78 is 5.84. The van der Waals surface area contributed by atoms with Crippen LogP contribution < -0.4 is 4.74 Å². The zero-order valence-electron chi connectivity index (χ0n) is 7.03. The molecule has 70 valence electrons. The Hall–Kier alpha value is -0.620. The van der Waals surface area contributed by atoms with Crippen molar-refractivity contribution >= 4 is 28.6 Å². The van der Waals surface area contributed by atoms with Crippen LogP contribution in [0.15, 0.2) is 24.3 Å². The van der Waals surface area contributed by atoms with Crippen LogP contribution in [0.4, 0.5) is 0 Å². The largest absolute Gasteiger partial charge is 0.425 e. The number of rotatable bonds is 2. The molecule has 0 amide bonds. The van der Waals surface area contributed by atoms with Gasteiger partial charge in [-0.05, 0) is 47.7 Å². The summed E-state index contributed by atoms with van der Waals surface area (Å²) >= 11 is 2.12. The molecule has 0 aliphatic carbocycles. The van der Waals surface area contributed by atoms with Crippen LogP contribution in [0.5, 0.6) is 5.75 Å². The molecule has 3 nitrogen and oxygen atoms in total. The molecule has 0 unspecified atom stereocenters. The Morgan fingerprint density at radius 2 is 2.31 bits per heavy atom. The number of ether oxygens (including phenoxy) is 1. The Labute approximate surface area is 89.9 Å². The third-order valence-electron chi connectivity index (χ3n) is 1.36. The normalized spacial score (nSPS) is 12.2. The van der Waals surface area contributed by atoms with E-state index in [2.05, 4.69) is 22.6 Å². The number of halogens is 1. The van der Waals surface area contributed by atoms with Gasteiger partial charge in [-0.3, -0.25) is 0 Å². The van der Waals surface area contributed by atoms with E-state index >= 15 is 0 Å². The van der Waals surface area contributed by atoms with Crippen LogP contribution in [0, 0.1) is 3.57 Å². The summed E-state index contributed by atoms with van der Waals surface area (Å²) in [5.74, 6) is -0.181. The first-order chi connectivity index (χ1) is 6.09. The van der Waals surface area contributed by atoms with E-state index in [9.17, 15) is 4.79 Å². The lowest BCUT2D eigenvalue weighted by molar-refractivity contribution is -0.142. The van der Waals surface area contributed by atoms with E-state index in [1.807, 2.05) is 6.07 Å². The molecule has 1 aromatic rings. The van der Waals surface area contributed by atoms with Gasteiger partial charge in [0.25, 0.3) is 0 Å². The minimum absolute atomic E-state index is 0.456. The van der Waals surface area contributed by atoms with Crippen LogP contribution in [-0.2, 0) is 4.79 Å². The van der Waals surface area contributed by atoms with Gasteiger partial charge in [-0.25, -0.2) is 4.79 Å². The second kappa shape index (κ2) is 4.57. The van der Waals surface area contributed by atoms with Crippen LogP contribution in [-0.4, -0.2) is 17.2 Å². The smallest absolute Gasteiger partial charge is 0.340 e. The lowest BCUT2D eigenvalue weighted by atomic mass is 10.3. The predicted molar refractivity (Wildman–Crippen MR) is 56.5 cm³/mol. The number of benzene rings is 1. The highest BCUT2D eigenvalue weighted by molar-refractivity contribution is 14.1. The van der Waals surface area contributed by atoms with Gasteiger partial charge in [-0.1, -0.05) is 6.07 Å². The molecule has 0 heterocycles. The van der Waals surface area contributed by atoms with Gasteiger partial charge in [0.1, 0.15) is 11.9 Å². The summed E-state index contributed by atoms with van der Waals surface area (Å²) in [5.41, 5.74) is 0. The van der Waals surface area contributed by atoms with Gasteiger partial charge in [0.2, 0.25) is 0 Å². The number of carbonyl (C=O) groups excluding carboxylic acids is 1. The van der Waals surface area contributed by atoms with E-state index in [4.69, 9.17) is 9.84 Å². The maximum absolute atomic E-state index is 10.9. The van der Waals surface area contributed by atoms with Gasteiger partial charge in [0, 0.05) is 3.57 Å². The van der Waals surface area contributed by atoms with Crippen molar-refractivity contribution in [3.8, 4) is 5.75 Å². The van der Waals surface area contributed by atoms with Crippen molar-refractivity contribution in [2.45, 2.75) is 13.0 Å². The molecule has 1 N–H and O–H groups in total. The van der Waals surface area contributed by atoms with Crippen molar-refractivity contribution in [2.75, 3.05) is 0 Å². The summed E-state index contributed by atoms with van der Waals surface area (Å²) in [6, 6.07) is 7.07. The van der Waals surface area contributed by atoms with Crippen LogP contribution in [0.1, 0.15) is 6.92 Å². The third-order valence-corrected chi connectivity index (χ3v) is 2.03. The minimum Gasteiger partial charge on any atom is -0.425 e. The number of hydrogen-bond donors (Lipinski definition) is 1. The second-order valence-electron chi connectivity index (χ2n) is 2.55. The molecule has 0 aliphatic rings. The van der Waals surface area contributed by atoms with E-state index in [1.165, 1.54) is 6.92 Å². The van der Waals surface area contributed by atoms with E-state index < -0.39 is 12.1 Å². The topological polar surface area (TPSA) is 46.5 Å². The average molecular weight is 292 g/mol. The Morgan fingerprint density at radius 3 is 2.85 bits per heavy atom. The number of hydrogen-bond acceptors (Lipinski definition) is 3. The third kappa shape index (κ3) is 3.31. The van der Waals surface area contributed by atoms with Crippen LogP contribution in [0.2, 0.25) is 0 Å². The highest BCUT2D eigenvalue weighted by atomic mass is 127. The summed E-state index contributed by atoms with van der Waals surface area (Å²) in [4.78, 5) is 10.9. The summed E-state index contributed by atoms with van der Waals surface area (Å²) in [6.07, 6.45) is -1.09. The van der Waals surface area contributed by atoms with Crippen molar-refractivity contribution in [1.82, 2.24) is 0 Å². The highest BCUT2D eigenvalue weighted by Gasteiger charge is 2.10. The van der Waals surface area contributed by atoms with Crippen molar-refractivity contribution < 1.29 is 14.6 Å². The standard InChI is InChI=1S/C9H9IO3/c1-6(11)9(12)13-8-4-2-3-7(10)5-8/h2-6,11H,1H3/t6-/m0/s1. The molecule has 0 saturated heterocycles. The fraction of sp³-hybridized carbons (Fsp3) is 0.222. The number of aliphatic hydroxyl groups is 1. The first-order valence-electron chi connectivity index (χ1n) is 3.75. The fourth-order valence-corrected chi connectivity index (χ4v) is 1.25. The quantitative estimate of drug-likeness (QED) is 0.511. The molecule has 0 radical (unpaired) electrons. The lowest BCUT2D eigenvalue weighted by Gasteiger charge is -2.05. The number of carbonyl (C=O) groups is 1. The van der Waals surface area contributed by atoms with Crippen LogP contribution in [0.25, 0.3) is 0 Å². The molecule has 1 rings (SSSR count). The van der Waals surface area contributed by atoms with Crippen LogP contribution >= 0.6 is 22.6 Å². The molecule has 0 fully saturated rings. The Morgan fingerprint density at radius 1 is 1.62 bits per heavy atom. The Bertz CT molecular complexity index is 309. The summed E-state index contributed by atoms with van der Waals surface area (Å²) in [7, 11) is 0. The fourth-order valence-electron chi connectivity index (χ4n) is 0.732. The minimum atomic E-state index is -1.09. The van der Waals surface area contributed by atoms with Gasteiger partial charge < -0.3 is 9.84 Å². The zero-order chi connectivity index (χ0) is 9.84. The van der Waals surface area contributed by atoms with Gasteiger partial charge in [0.15, 0.2) is 0 Å². The molecule has 0 aliphatic heterocycles. The molecule has 4 heteroatoms. The number of aliphatic hydroxyl groups excluding tert-OH is 1. The summed E-state index contributed by atoms with van der Waals surface area (Å²) in [5, 5.41) is 8.88. The maximum atomic E-state index is 10.9. The maximum Gasteiger partial charge on any atom is 0.340 e.